The third-order valence-electron chi connectivity index (χ3n) is 2.62. The van der Waals surface area contributed by atoms with Gasteiger partial charge >= 0.3 is 0 Å². The number of rotatable bonds is 3. The molecule has 1 aromatic carbocycles. The van der Waals surface area contributed by atoms with Crippen LogP contribution in [0.3, 0.4) is 0 Å². The molecule has 0 aliphatic rings. The van der Waals surface area contributed by atoms with Gasteiger partial charge in [-0.15, -0.1) is 0 Å². The van der Waals surface area contributed by atoms with Crippen LogP contribution in [-0.4, -0.2) is 5.91 Å². The Morgan fingerprint density at radius 1 is 1.40 bits per heavy atom. The van der Waals surface area contributed by atoms with E-state index in [1.807, 2.05) is 32.9 Å². The molecular formula is C12H16ClNO. The van der Waals surface area contributed by atoms with Crippen LogP contribution in [0.5, 0.6) is 0 Å². The fourth-order valence-electron chi connectivity index (χ4n) is 1.01. The standard InChI is InChI=1S/C12H16ClNO/c1-4-12(2,3)11(15)14-10-8-6-5-7-9(10)13/h5-8H,4H2,1-3H3,(H,14,15). The summed E-state index contributed by atoms with van der Waals surface area (Å²) in [6.07, 6.45) is 0.795. The zero-order chi connectivity index (χ0) is 11.5. The molecule has 0 unspecified atom stereocenters. The molecule has 0 fully saturated rings. The fraction of sp³-hybridized carbons (Fsp3) is 0.417. The van der Waals surface area contributed by atoms with Crippen LogP contribution in [0, 0.1) is 5.41 Å². The van der Waals surface area contributed by atoms with E-state index in [1.54, 1.807) is 12.1 Å². The second-order valence-corrected chi connectivity index (χ2v) is 4.58. The topological polar surface area (TPSA) is 29.1 Å². The molecule has 82 valence electrons. The van der Waals surface area contributed by atoms with Crippen molar-refractivity contribution in [1.29, 1.82) is 0 Å². The number of benzene rings is 1. The summed E-state index contributed by atoms with van der Waals surface area (Å²) in [5.74, 6) is -0.00176. The Labute approximate surface area is 95.6 Å². The van der Waals surface area contributed by atoms with Crippen LogP contribution in [0.4, 0.5) is 5.69 Å². The van der Waals surface area contributed by atoms with Crippen LogP contribution in [0.1, 0.15) is 27.2 Å². The molecule has 0 heterocycles. The summed E-state index contributed by atoms with van der Waals surface area (Å²) >= 11 is 5.95. The Kier molecular flexibility index (Phi) is 3.75. The summed E-state index contributed by atoms with van der Waals surface area (Å²) in [4.78, 5) is 11.8. The fourth-order valence-corrected chi connectivity index (χ4v) is 1.20. The highest BCUT2D eigenvalue weighted by molar-refractivity contribution is 6.33. The lowest BCUT2D eigenvalue weighted by Gasteiger charge is -2.21. The van der Waals surface area contributed by atoms with Crippen LogP contribution >= 0.6 is 11.6 Å². The lowest BCUT2D eigenvalue weighted by molar-refractivity contribution is -0.124. The van der Waals surface area contributed by atoms with E-state index >= 15 is 0 Å². The van der Waals surface area contributed by atoms with E-state index in [1.165, 1.54) is 0 Å². The lowest BCUT2D eigenvalue weighted by Crippen LogP contribution is -2.30. The number of anilines is 1. The summed E-state index contributed by atoms with van der Waals surface area (Å²) in [5.41, 5.74) is 0.310. The van der Waals surface area contributed by atoms with Gasteiger partial charge in [-0.3, -0.25) is 4.79 Å². The first-order valence-electron chi connectivity index (χ1n) is 5.03. The molecule has 0 radical (unpaired) electrons. The van der Waals surface area contributed by atoms with E-state index < -0.39 is 0 Å². The number of carbonyl (C=O) groups is 1. The molecule has 0 bridgehead atoms. The van der Waals surface area contributed by atoms with E-state index in [0.717, 1.165) is 6.42 Å². The Morgan fingerprint density at radius 3 is 2.53 bits per heavy atom. The van der Waals surface area contributed by atoms with Gasteiger partial charge in [0.1, 0.15) is 0 Å². The Hall–Kier alpha value is -1.02. The quantitative estimate of drug-likeness (QED) is 0.835. The number of hydrogen-bond donors (Lipinski definition) is 1. The van der Waals surface area contributed by atoms with Gasteiger partial charge in [0.25, 0.3) is 0 Å². The maximum Gasteiger partial charge on any atom is 0.230 e. The summed E-state index contributed by atoms with van der Waals surface area (Å²) in [5, 5.41) is 3.40. The summed E-state index contributed by atoms with van der Waals surface area (Å²) in [7, 11) is 0. The Bertz CT molecular complexity index is 360. The maximum absolute atomic E-state index is 11.8. The first kappa shape index (κ1) is 12.1. The average Bonchev–Trinajstić information content (AvgIpc) is 2.21. The number of amides is 1. The van der Waals surface area contributed by atoms with Crippen molar-refractivity contribution < 1.29 is 4.79 Å². The molecule has 1 N–H and O–H groups in total. The van der Waals surface area contributed by atoms with E-state index in [4.69, 9.17) is 11.6 Å². The number of hydrogen-bond acceptors (Lipinski definition) is 1. The van der Waals surface area contributed by atoms with Crippen molar-refractivity contribution in [2.45, 2.75) is 27.2 Å². The highest BCUT2D eigenvalue weighted by atomic mass is 35.5. The molecule has 0 aliphatic carbocycles. The van der Waals surface area contributed by atoms with Crippen molar-refractivity contribution in [2.75, 3.05) is 5.32 Å². The van der Waals surface area contributed by atoms with Crippen LogP contribution in [0.15, 0.2) is 24.3 Å². The third kappa shape index (κ3) is 2.96. The van der Waals surface area contributed by atoms with Crippen LogP contribution in [0.25, 0.3) is 0 Å². The third-order valence-corrected chi connectivity index (χ3v) is 2.95. The van der Waals surface area contributed by atoms with E-state index in [2.05, 4.69) is 5.32 Å². The molecule has 1 amide bonds. The highest BCUT2D eigenvalue weighted by Gasteiger charge is 2.25. The van der Waals surface area contributed by atoms with Gasteiger partial charge in [-0.1, -0.05) is 44.5 Å². The number of para-hydroxylation sites is 1. The van der Waals surface area contributed by atoms with Gasteiger partial charge in [-0.2, -0.15) is 0 Å². The molecule has 1 rings (SSSR count). The molecule has 2 nitrogen and oxygen atoms in total. The SMILES string of the molecule is CCC(C)(C)C(=O)Nc1ccccc1Cl. The number of nitrogens with one attached hydrogen (secondary N) is 1. The monoisotopic (exact) mass is 225 g/mol. The Morgan fingerprint density at radius 2 is 2.00 bits per heavy atom. The van der Waals surface area contributed by atoms with Crippen molar-refractivity contribution >= 4 is 23.2 Å². The molecule has 0 spiro atoms. The molecule has 1 aromatic rings. The van der Waals surface area contributed by atoms with Gasteiger partial charge in [0.05, 0.1) is 10.7 Å². The molecule has 0 aromatic heterocycles. The van der Waals surface area contributed by atoms with Gasteiger partial charge in [0.15, 0.2) is 0 Å². The molecule has 3 heteroatoms. The zero-order valence-corrected chi connectivity index (χ0v) is 10.1. The largest absolute Gasteiger partial charge is 0.324 e. The van der Waals surface area contributed by atoms with Gasteiger partial charge in [0.2, 0.25) is 5.91 Å². The van der Waals surface area contributed by atoms with Crippen molar-refractivity contribution in [3.05, 3.63) is 29.3 Å². The van der Waals surface area contributed by atoms with Crippen molar-refractivity contribution in [2.24, 2.45) is 5.41 Å². The maximum atomic E-state index is 11.8. The zero-order valence-electron chi connectivity index (χ0n) is 9.30. The van der Waals surface area contributed by atoms with Gasteiger partial charge in [0, 0.05) is 5.41 Å². The molecular weight excluding hydrogens is 210 g/mol. The molecule has 0 saturated carbocycles. The summed E-state index contributed by atoms with van der Waals surface area (Å²) < 4.78 is 0. The summed E-state index contributed by atoms with van der Waals surface area (Å²) in [6, 6.07) is 7.24. The van der Waals surface area contributed by atoms with E-state index in [9.17, 15) is 4.79 Å². The average molecular weight is 226 g/mol. The second kappa shape index (κ2) is 4.67. The van der Waals surface area contributed by atoms with Crippen LogP contribution in [0.2, 0.25) is 5.02 Å². The minimum Gasteiger partial charge on any atom is -0.324 e. The number of halogens is 1. The summed E-state index contributed by atoms with van der Waals surface area (Å²) in [6.45, 7) is 5.82. The second-order valence-electron chi connectivity index (χ2n) is 4.17. The van der Waals surface area contributed by atoms with Crippen LogP contribution < -0.4 is 5.32 Å². The first-order valence-corrected chi connectivity index (χ1v) is 5.41. The van der Waals surface area contributed by atoms with Gasteiger partial charge in [-0.05, 0) is 18.6 Å². The van der Waals surface area contributed by atoms with Gasteiger partial charge < -0.3 is 5.32 Å². The van der Waals surface area contributed by atoms with Crippen molar-refractivity contribution in [1.82, 2.24) is 0 Å². The molecule has 0 atom stereocenters. The van der Waals surface area contributed by atoms with E-state index in [0.29, 0.717) is 10.7 Å². The van der Waals surface area contributed by atoms with E-state index in [-0.39, 0.29) is 11.3 Å². The van der Waals surface area contributed by atoms with Crippen molar-refractivity contribution in [3.8, 4) is 0 Å². The lowest BCUT2D eigenvalue weighted by atomic mass is 9.89. The minimum absolute atomic E-state index is 0.00176. The smallest absolute Gasteiger partial charge is 0.230 e. The normalized spacial score (nSPS) is 11.2. The minimum atomic E-state index is -0.362. The Balaban J connectivity index is 2.80. The predicted octanol–water partition coefficient (Wildman–Crippen LogP) is 3.71. The van der Waals surface area contributed by atoms with Crippen LogP contribution in [-0.2, 0) is 4.79 Å². The number of carbonyl (C=O) groups excluding carboxylic acids is 1. The van der Waals surface area contributed by atoms with Gasteiger partial charge in [-0.25, -0.2) is 0 Å². The predicted molar refractivity (Wildman–Crippen MR) is 64.2 cm³/mol. The van der Waals surface area contributed by atoms with Crippen molar-refractivity contribution in [3.63, 3.8) is 0 Å². The molecule has 0 saturated heterocycles. The highest BCUT2D eigenvalue weighted by Crippen LogP contribution is 2.25. The molecule has 15 heavy (non-hydrogen) atoms. The first-order chi connectivity index (χ1) is 6.97. The molecule has 0 aliphatic heterocycles.